The van der Waals surface area contributed by atoms with Gasteiger partial charge in [0.1, 0.15) is 0 Å². The van der Waals surface area contributed by atoms with Crippen LogP contribution in [0.15, 0.2) is 0 Å². The average molecular weight is 146 g/mol. The Balaban J connectivity index is 2.65. The average Bonchev–Trinajstić information content (AvgIpc) is 1.97. The molecule has 0 aliphatic carbocycles. The van der Waals surface area contributed by atoms with Crippen molar-refractivity contribution in [3.05, 3.63) is 0 Å². The standard InChI is InChI=1S/C7H18N2O/c1-2-3-8-4-5-9-6-7-10/h8-10H,2-7H2,1H3. The largest absolute Gasteiger partial charge is 0.395 e. The van der Waals surface area contributed by atoms with Crippen LogP contribution < -0.4 is 10.6 Å². The van der Waals surface area contributed by atoms with E-state index < -0.39 is 0 Å². The summed E-state index contributed by atoms with van der Waals surface area (Å²) in [7, 11) is 0. The number of aliphatic hydroxyl groups excluding tert-OH is 1. The molecule has 0 spiro atoms. The molecule has 0 aromatic carbocycles. The number of hydrogen-bond donors (Lipinski definition) is 3. The van der Waals surface area contributed by atoms with E-state index in [9.17, 15) is 0 Å². The van der Waals surface area contributed by atoms with E-state index in [1.165, 1.54) is 6.42 Å². The first-order valence-electron chi connectivity index (χ1n) is 3.94. The highest BCUT2D eigenvalue weighted by molar-refractivity contribution is 4.49. The maximum atomic E-state index is 8.39. The van der Waals surface area contributed by atoms with Crippen LogP contribution in [0.2, 0.25) is 0 Å². The zero-order valence-electron chi connectivity index (χ0n) is 6.69. The molecule has 0 amide bonds. The summed E-state index contributed by atoms with van der Waals surface area (Å²) in [5, 5.41) is 14.7. The molecule has 0 rings (SSSR count). The van der Waals surface area contributed by atoms with Crippen LogP contribution in [-0.4, -0.2) is 37.9 Å². The Morgan fingerprint density at radius 2 is 1.60 bits per heavy atom. The predicted octanol–water partition coefficient (Wildman–Crippen LogP) is -0.432. The van der Waals surface area contributed by atoms with Crippen molar-refractivity contribution in [1.29, 1.82) is 0 Å². The minimum atomic E-state index is 0.230. The topological polar surface area (TPSA) is 44.3 Å². The molecule has 0 aromatic rings. The van der Waals surface area contributed by atoms with Crippen molar-refractivity contribution >= 4 is 0 Å². The second-order valence-corrected chi connectivity index (χ2v) is 2.22. The fourth-order valence-corrected chi connectivity index (χ4v) is 0.683. The molecule has 0 bridgehead atoms. The van der Waals surface area contributed by atoms with Gasteiger partial charge in [-0.05, 0) is 13.0 Å². The molecule has 62 valence electrons. The van der Waals surface area contributed by atoms with Gasteiger partial charge in [-0.25, -0.2) is 0 Å². The highest BCUT2D eigenvalue weighted by Crippen LogP contribution is 1.67. The smallest absolute Gasteiger partial charge is 0.0555 e. The third-order valence-corrected chi connectivity index (χ3v) is 1.19. The van der Waals surface area contributed by atoms with E-state index in [-0.39, 0.29) is 6.61 Å². The Morgan fingerprint density at radius 3 is 2.10 bits per heavy atom. The van der Waals surface area contributed by atoms with E-state index >= 15 is 0 Å². The van der Waals surface area contributed by atoms with Crippen LogP contribution in [0.5, 0.6) is 0 Å². The van der Waals surface area contributed by atoms with Gasteiger partial charge < -0.3 is 15.7 Å². The zero-order chi connectivity index (χ0) is 7.66. The summed E-state index contributed by atoms with van der Waals surface area (Å²) >= 11 is 0. The van der Waals surface area contributed by atoms with E-state index in [1.54, 1.807) is 0 Å². The molecule has 0 saturated carbocycles. The number of aliphatic hydroxyl groups is 1. The van der Waals surface area contributed by atoms with E-state index in [2.05, 4.69) is 17.6 Å². The van der Waals surface area contributed by atoms with Crippen molar-refractivity contribution in [1.82, 2.24) is 10.6 Å². The molecule has 3 heteroatoms. The third kappa shape index (κ3) is 7.88. The first-order chi connectivity index (χ1) is 4.91. The molecule has 3 nitrogen and oxygen atoms in total. The van der Waals surface area contributed by atoms with Gasteiger partial charge in [0.2, 0.25) is 0 Å². The van der Waals surface area contributed by atoms with Crippen LogP contribution in [0, 0.1) is 0 Å². The van der Waals surface area contributed by atoms with Crippen LogP contribution in [0.4, 0.5) is 0 Å². The first-order valence-corrected chi connectivity index (χ1v) is 3.94. The highest BCUT2D eigenvalue weighted by atomic mass is 16.3. The minimum Gasteiger partial charge on any atom is -0.395 e. The molecular formula is C7H18N2O. The number of nitrogens with one attached hydrogen (secondary N) is 2. The molecule has 10 heavy (non-hydrogen) atoms. The lowest BCUT2D eigenvalue weighted by Crippen LogP contribution is -2.29. The summed E-state index contributed by atoms with van der Waals surface area (Å²) in [6, 6.07) is 0. The molecule has 0 saturated heterocycles. The summed E-state index contributed by atoms with van der Waals surface area (Å²) in [4.78, 5) is 0. The van der Waals surface area contributed by atoms with Gasteiger partial charge in [-0.1, -0.05) is 6.92 Å². The van der Waals surface area contributed by atoms with Crippen LogP contribution in [0.1, 0.15) is 13.3 Å². The lowest BCUT2D eigenvalue weighted by molar-refractivity contribution is 0.292. The maximum absolute atomic E-state index is 8.39. The van der Waals surface area contributed by atoms with Gasteiger partial charge in [-0.15, -0.1) is 0 Å². The van der Waals surface area contributed by atoms with Gasteiger partial charge in [-0.3, -0.25) is 0 Å². The molecule has 0 unspecified atom stereocenters. The first kappa shape index (κ1) is 9.88. The fraction of sp³-hybridized carbons (Fsp3) is 1.00. The number of hydrogen-bond acceptors (Lipinski definition) is 3. The van der Waals surface area contributed by atoms with Crippen LogP contribution >= 0.6 is 0 Å². The zero-order valence-corrected chi connectivity index (χ0v) is 6.69. The molecule has 0 aliphatic rings. The van der Waals surface area contributed by atoms with Crippen LogP contribution in [0.25, 0.3) is 0 Å². The van der Waals surface area contributed by atoms with Crippen molar-refractivity contribution in [2.45, 2.75) is 13.3 Å². The Bertz CT molecular complexity index is 51.6. The van der Waals surface area contributed by atoms with Crippen LogP contribution in [-0.2, 0) is 0 Å². The van der Waals surface area contributed by atoms with Crippen molar-refractivity contribution < 1.29 is 5.11 Å². The van der Waals surface area contributed by atoms with Gasteiger partial charge in [-0.2, -0.15) is 0 Å². The Labute approximate surface area is 62.8 Å². The Hall–Kier alpha value is -0.120. The fourth-order valence-electron chi connectivity index (χ4n) is 0.683. The molecule has 0 heterocycles. The van der Waals surface area contributed by atoms with Crippen molar-refractivity contribution in [2.75, 3.05) is 32.8 Å². The normalized spacial score (nSPS) is 10.2. The molecule has 0 aromatic heterocycles. The van der Waals surface area contributed by atoms with E-state index in [4.69, 9.17) is 5.11 Å². The third-order valence-electron chi connectivity index (χ3n) is 1.19. The highest BCUT2D eigenvalue weighted by Gasteiger charge is 1.84. The summed E-state index contributed by atoms with van der Waals surface area (Å²) in [5.41, 5.74) is 0. The van der Waals surface area contributed by atoms with Crippen molar-refractivity contribution in [3.63, 3.8) is 0 Å². The van der Waals surface area contributed by atoms with Crippen LogP contribution in [0.3, 0.4) is 0 Å². The predicted molar refractivity (Wildman–Crippen MR) is 43.1 cm³/mol. The van der Waals surface area contributed by atoms with Crippen molar-refractivity contribution in [3.8, 4) is 0 Å². The lowest BCUT2D eigenvalue weighted by atomic mass is 10.4. The van der Waals surface area contributed by atoms with E-state index in [1.807, 2.05) is 0 Å². The maximum Gasteiger partial charge on any atom is 0.0555 e. The van der Waals surface area contributed by atoms with Gasteiger partial charge in [0, 0.05) is 19.6 Å². The monoisotopic (exact) mass is 146 g/mol. The Kier molecular flexibility index (Phi) is 8.77. The van der Waals surface area contributed by atoms with Gasteiger partial charge >= 0.3 is 0 Å². The quantitative estimate of drug-likeness (QED) is 0.427. The van der Waals surface area contributed by atoms with Gasteiger partial charge in [0.15, 0.2) is 0 Å². The van der Waals surface area contributed by atoms with Crippen molar-refractivity contribution in [2.24, 2.45) is 0 Å². The second-order valence-electron chi connectivity index (χ2n) is 2.22. The number of rotatable bonds is 7. The molecule has 0 fully saturated rings. The SMILES string of the molecule is CCCNCCNCCO. The van der Waals surface area contributed by atoms with Gasteiger partial charge in [0.05, 0.1) is 6.61 Å². The molecular weight excluding hydrogens is 128 g/mol. The molecule has 0 radical (unpaired) electrons. The Morgan fingerprint density at radius 1 is 1.00 bits per heavy atom. The molecule has 0 aliphatic heterocycles. The summed E-state index contributed by atoms with van der Waals surface area (Å²) in [5.74, 6) is 0. The lowest BCUT2D eigenvalue weighted by Gasteiger charge is -2.02. The van der Waals surface area contributed by atoms with E-state index in [0.717, 1.165) is 19.6 Å². The molecule has 3 N–H and O–H groups in total. The minimum absolute atomic E-state index is 0.230. The summed E-state index contributed by atoms with van der Waals surface area (Å²) in [6.45, 7) is 6.10. The van der Waals surface area contributed by atoms with E-state index in [0.29, 0.717) is 6.54 Å². The summed E-state index contributed by atoms with van der Waals surface area (Å²) in [6.07, 6.45) is 1.18. The van der Waals surface area contributed by atoms with Gasteiger partial charge in [0.25, 0.3) is 0 Å². The molecule has 0 atom stereocenters. The summed E-state index contributed by atoms with van der Waals surface area (Å²) < 4.78 is 0. The second kappa shape index (κ2) is 8.88.